The van der Waals surface area contributed by atoms with Gasteiger partial charge in [-0.1, -0.05) is 20.8 Å². The molecule has 2 unspecified atom stereocenters. The first-order valence-corrected chi connectivity index (χ1v) is 4.41. The van der Waals surface area contributed by atoms with Crippen LogP contribution in [0.3, 0.4) is 0 Å². The maximum Gasteiger partial charge on any atom is 0.00886 e. The molecular formula is C11H19. The molecule has 0 rings (SSSR count). The molecule has 0 heterocycles. The molecular weight excluding hydrogens is 132 g/mol. The van der Waals surface area contributed by atoms with Gasteiger partial charge in [-0.05, 0) is 31.6 Å². The quantitative estimate of drug-likeness (QED) is 0.427. The maximum atomic E-state index is 4.00. The van der Waals surface area contributed by atoms with E-state index in [1.54, 1.807) is 0 Å². The topological polar surface area (TPSA) is 0 Å². The Balaban J connectivity index is 3.29. The van der Waals surface area contributed by atoms with E-state index in [0.29, 0.717) is 5.92 Å². The van der Waals surface area contributed by atoms with Gasteiger partial charge in [0.15, 0.2) is 0 Å². The summed E-state index contributed by atoms with van der Waals surface area (Å²) in [5, 5.41) is 0. The van der Waals surface area contributed by atoms with Gasteiger partial charge < -0.3 is 0 Å². The largest absolute Gasteiger partial charge is 0.107 e. The van der Waals surface area contributed by atoms with E-state index < -0.39 is 0 Å². The Kier molecular flexibility index (Phi) is 6.03. The molecule has 0 aromatic rings. The van der Waals surface area contributed by atoms with Crippen molar-refractivity contribution >= 4 is 0 Å². The molecule has 2 atom stereocenters. The minimum Gasteiger partial charge on any atom is -0.107 e. The van der Waals surface area contributed by atoms with Crippen molar-refractivity contribution in [2.75, 3.05) is 0 Å². The van der Waals surface area contributed by atoms with Crippen molar-refractivity contribution in [2.24, 2.45) is 11.8 Å². The van der Waals surface area contributed by atoms with E-state index in [4.69, 9.17) is 0 Å². The third-order valence-corrected chi connectivity index (χ3v) is 2.11. The second-order valence-electron chi connectivity index (χ2n) is 3.27. The van der Waals surface area contributed by atoms with Crippen molar-refractivity contribution in [3.05, 3.63) is 6.92 Å². The highest BCUT2D eigenvalue weighted by Crippen LogP contribution is 2.15. The molecule has 0 heteroatoms. The second-order valence-corrected chi connectivity index (χ2v) is 3.27. The van der Waals surface area contributed by atoms with Crippen LogP contribution in [0, 0.1) is 30.6 Å². The van der Waals surface area contributed by atoms with Crippen molar-refractivity contribution in [1.82, 2.24) is 0 Å². The predicted molar refractivity (Wildman–Crippen MR) is 51.0 cm³/mol. The first-order chi connectivity index (χ1) is 5.18. The van der Waals surface area contributed by atoms with Gasteiger partial charge in [0.25, 0.3) is 0 Å². The van der Waals surface area contributed by atoms with E-state index in [0.717, 1.165) is 12.3 Å². The Labute approximate surface area is 71.4 Å². The molecule has 0 saturated heterocycles. The molecule has 0 fully saturated rings. The SMILES string of the molecule is [CH2]C(C)C(C)CCCC#CC. The van der Waals surface area contributed by atoms with Crippen LogP contribution in [0.1, 0.15) is 40.0 Å². The van der Waals surface area contributed by atoms with Crippen LogP contribution in [-0.4, -0.2) is 0 Å². The molecule has 0 N–H and O–H groups in total. The van der Waals surface area contributed by atoms with Crippen LogP contribution < -0.4 is 0 Å². The van der Waals surface area contributed by atoms with Gasteiger partial charge in [0.2, 0.25) is 0 Å². The Morgan fingerprint density at radius 1 is 1.36 bits per heavy atom. The summed E-state index contributed by atoms with van der Waals surface area (Å²) < 4.78 is 0. The van der Waals surface area contributed by atoms with Gasteiger partial charge in [-0.15, -0.1) is 11.8 Å². The number of hydrogen-bond acceptors (Lipinski definition) is 0. The first-order valence-electron chi connectivity index (χ1n) is 4.41. The molecule has 1 radical (unpaired) electrons. The highest BCUT2D eigenvalue weighted by molar-refractivity contribution is 4.94. The van der Waals surface area contributed by atoms with Gasteiger partial charge in [-0.2, -0.15) is 0 Å². The Bertz CT molecular complexity index is 134. The third kappa shape index (κ3) is 5.98. The zero-order chi connectivity index (χ0) is 8.69. The van der Waals surface area contributed by atoms with Crippen LogP contribution >= 0.6 is 0 Å². The third-order valence-electron chi connectivity index (χ3n) is 2.11. The lowest BCUT2D eigenvalue weighted by atomic mass is 9.93. The summed E-state index contributed by atoms with van der Waals surface area (Å²) in [6.07, 6.45) is 3.54. The Morgan fingerprint density at radius 3 is 2.45 bits per heavy atom. The van der Waals surface area contributed by atoms with Gasteiger partial charge in [0.05, 0.1) is 0 Å². The van der Waals surface area contributed by atoms with E-state index in [1.807, 2.05) is 6.92 Å². The molecule has 0 aliphatic rings. The fourth-order valence-electron chi connectivity index (χ4n) is 0.922. The van der Waals surface area contributed by atoms with Gasteiger partial charge in [0.1, 0.15) is 0 Å². The van der Waals surface area contributed by atoms with E-state index >= 15 is 0 Å². The van der Waals surface area contributed by atoms with Gasteiger partial charge in [-0.3, -0.25) is 0 Å². The minimum absolute atomic E-state index is 0.574. The van der Waals surface area contributed by atoms with Crippen molar-refractivity contribution in [3.63, 3.8) is 0 Å². The lowest BCUT2D eigenvalue weighted by Gasteiger charge is -2.13. The van der Waals surface area contributed by atoms with E-state index in [1.165, 1.54) is 12.8 Å². The Hall–Kier alpha value is -0.440. The fourth-order valence-corrected chi connectivity index (χ4v) is 0.922. The van der Waals surface area contributed by atoms with Gasteiger partial charge >= 0.3 is 0 Å². The second kappa shape index (κ2) is 6.28. The highest BCUT2D eigenvalue weighted by atomic mass is 14.1. The molecule has 0 bridgehead atoms. The smallest absolute Gasteiger partial charge is 0.00886 e. The van der Waals surface area contributed by atoms with E-state index in [9.17, 15) is 0 Å². The molecule has 11 heavy (non-hydrogen) atoms. The lowest BCUT2D eigenvalue weighted by molar-refractivity contribution is 0.415. The lowest BCUT2D eigenvalue weighted by Crippen LogP contribution is -2.03. The van der Waals surface area contributed by atoms with Gasteiger partial charge in [0, 0.05) is 6.42 Å². The van der Waals surface area contributed by atoms with Crippen LogP contribution in [0.15, 0.2) is 0 Å². The summed E-state index contributed by atoms with van der Waals surface area (Å²) in [4.78, 5) is 0. The average molecular weight is 151 g/mol. The summed E-state index contributed by atoms with van der Waals surface area (Å²) in [6, 6.07) is 0. The summed E-state index contributed by atoms with van der Waals surface area (Å²) in [5.41, 5.74) is 0. The molecule has 0 spiro atoms. The predicted octanol–water partition coefficient (Wildman–Crippen LogP) is 3.29. The molecule has 0 amide bonds. The zero-order valence-electron chi connectivity index (χ0n) is 7.98. The van der Waals surface area contributed by atoms with Crippen molar-refractivity contribution < 1.29 is 0 Å². The van der Waals surface area contributed by atoms with Crippen LogP contribution in [0.4, 0.5) is 0 Å². The van der Waals surface area contributed by atoms with Crippen LogP contribution in [-0.2, 0) is 0 Å². The van der Waals surface area contributed by atoms with Crippen molar-refractivity contribution in [3.8, 4) is 11.8 Å². The zero-order valence-corrected chi connectivity index (χ0v) is 7.98. The average Bonchev–Trinajstić information content (AvgIpc) is 1.97. The van der Waals surface area contributed by atoms with Crippen LogP contribution in [0.2, 0.25) is 0 Å². The summed E-state index contributed by atoms with van der Waals surface area (Å²) in [5.74, 6) is 7.29. The van der Waals surface area contributed by atoms with E-state index in [2.05, 4.69) is 32.6 Å². The van der Waals surface area contributed by atoms with Gasteiger partial charge in [-0.25, -0.2) is 0 Å². The normalized spacial score (nSPS) is 12.5. The molecule has 0 saturated carbocycles. The fraction of sp³-hybridized carbons (Fsp3) is 0.727. The van der Waals surface area contributed by atoms with Crippen molar-refractivity contribution in [1.29, 1.82) is 0 Å². The standard InChI is InChI=1S/C11H19/c1-5-6-7-8-9-11(4)10(2)3/h10-11H,2,7-9H2,1,3-4H3. The van der Waals surface area contributed by atoms with E-state index in [-0.39, 0.29) is 0 Å². The minimum atomic E-state index is 0.574. The van der Waals surface area contributed by atoms with Crippen molar-refractivity contribution in [2.45, 2.75) is 40.0 Å². The van der Waals surface area contributed by atoms with Crippen LogP contribution in [0.25, 0.3) is 0 Å². The molecule has 0 aliphatic carbocycles. The summed E-state index contributed by atoms with van der Waals surface area (Å²) >= 11 is 0. The number of hydrogen-bond donors (Lipinski definition) is 0. The monoisotopic (exact) mass is 151 g/mol. The molecule has 0 nitrogen and oxygen atoms in total. The number of rotatable bonds is 4. The summed E-state index contributed by atoms with van der Waals surface area (Å²) in [6.45, 7) is 10.3. The molecule has 63 valence electrons. The summed E-state index contributed by atoms with van der Waals surface area (Å²) in [7, 11) is 0. The van der Waals surface area contributed by atoms with Crippen LogP contribution in [0.5, 0.6) is 0 Å². The highest BCUT2D eigenvalue weighted by Gasteiger charge is 2.05. The number of unbranched alkanes of at least 4 members (excludes halogenated alkanes) is 1. The molecule has 0 aromatic heterocycles. The first kappa shape index (κ1) is 10.6. The Morgan fingerprint density at radius 2 is 2.00 bits per heavy atom. The molecule has 0 aliphatic heterocycles. The molecule has 0 aromatic carbocycles. The maximum absolute atomic E-state index is 4.00.